The van der Waals surface area contributed by atoms with Crippen LogP contribution in [0.25, 0.3) is 22.3 Å². The Morgan fingerprint density at radius 1 is 0.464 bits per heavy atom. The third-order valence-corrected chi connectivity index (χ3v) is 4.95. The lowest BCUT2D eigenvalue weighted by molar-refractivity contribution is 0.392. The summed E-state index contributed by atoms with van der Waals surface area (Å²) in [6.07, 6.45) is 0. The number of hydrogen-bond acceptors (Lipinski definition) is 4. The number of hydrogen-bond donors (Lipinski definition) is 0. The average Bonchev–Trinajstić information content (AvgIpc) is 2.73. The Hall–Kier alpha value is -3.14. The first-order chi connectivity index (χ1) is 13.5. The van der Waals surface area contributed by atoms with E-state index in [-0.39, 0.29) is 0 Å². The molecular formula is C24H26O4. The van der Waals surface area contributed by atoms with E-state index in [0.29, 0.717) is 0 Å². The molecule has 28 heavy (non-hydrogen) atoms. The van der Waals surface area contributed by atoms with Gasteiger partial charge in [0.1, 0.15) is 23.0 Å². The summed E-state index contributed by atoms with van der Waals surface area (Å²) in [7, 11) is 6.69. The maximum atomic E-state index is 5.72. The van der Waals surface area contributed by atoms with Crippen molar-refractivity contribution in [1.82, 2.24) is 0 Å². The van der Waals surface area contributed by atoms with Gasteiger partial charge in [-0.3, -0.25) is 0 Å². The molecule has 0 fully saturated rings. The number of aryl methyl sites for hydroxylation is 2. The van der Waals surface area contributed by atoms with Crippen LogP contribution in [0.3, 0.4) is 0 Å². The normalized spacial score (nSPS) is 10.5. The van der Waals surface area contributed by atoms with Gasteiger partial charge in [-0.2, -0.15) is 0 Å². The highest BCUT2D eigenvalue weighted by Crippen LogP contribution is 2.41. The van der Waals surface area contributed by atoms with Crippen molar-refractivity contribution in [3.8, 4) is 45.3 Å². The van der Waals surface area contributed by atoms with Gasteiger partial charge in [0.2, 0.25) is 0 Å². The fourth-order valence-corrected chi connectivity index (χ4v) is 3.36. The van der Waals surface area contributed by atoms with E-state index in [9.17, 15) is 0 Å². The van der Waals surface area contributed by atoms with Gasteiger partial charge in [0, 0.05) is 17.2 Å². The molecule has 0 aromatic heterocycles. The van der Waals surface area contributed by atoms with E-state index in [1.165, 1.54) is 0 Å². The molecule has 0 saturated carbocycles. The van der Waals surface area contributed by atoms with Crippen LogP contribution in [0.4, 0.5) is 0 Å². The largest absolute Gasteiger partial charge is 0.496 e. The van der Waals surface area contributed by atoms with E-state index in [4.69, 9.17) is 18.9 Å². The number of ether oxygens (including phenoxy) is 4. The van der Waals surface area contributed by atoms with Gasteiger partial charge in [0.15, 0.2) is 0 Å². The minimum absolute atomic E-state index is 0.741. The first-order valence-electron chi connectivity index (χ1n) is 9.08. The van der Waals surface area contributed by atoms with Crippen molar-refractivity contribution in [2.75, 3.05) is 28.4 Å². The maximum Gasteiger partial charge on any atom is 0.130 e. The molecule has 0 radical (unpaired) electrons. The lowest BCUT2D eigenvalue weighted by atomic mass is 9.96. The maximum absolute atomic E-state index is 5.72. The molecule has 0 amide bonds. The van der Waals surface area contributed by atoms with Gasteiger partial charge in [-0.05, 0) is 60.4 Å². The van der Waals surface area contributed by atoms with Gasteiger partial charge in [-0.25, -0.2) is 0 Å². The molecule has 3 aromatic carbocycles. The highest BCUT2D eigenvalue weighted by Gasteiger charge is 2.15. The van der Waals surface area contributed by atoms with Gasteiger partial charge in [0.25, 0.3) is 0 Å². The summed E-state index contributed by atoms with van der Waals surface area (Å²) in [6.45, 7) is 4.05. The summed E-state index contributed by atoms with van der Waals surface area (Å²) >= 11 is 0. The second kappa shape index (κ2) is 8.26. The minimum atomic E-state index is 0.741. The lowest BCUT2D eigenvalue weighted by Crippen LogP contribution is -1.96. The average molecular weight is 378 g/mol. The van der Waals surface area contributed by atoms with Crippen LogP contribution in [0, 0.1) is 13.8 Å². The number of benzene rings is 3. The summed E-state index contributed by atoms with van der Waals surface area (Å²) in [5, 5.41) is 0. The van der Waals surface area contributed by atoms with Crippen LogP contribution in [0.1, 0.15) is 11.1 Å². The Labute approximate surface area is 166 Å². The first kappa shape index (κ1) is 19.6. The summed E-state index contributed by atoms with van der Waals surface area (Å²) in [5.74, 6) is 3.18. The highest BCUT2D eigenvalue weighted by molar-refractivity contribution is 5.81. The van der Waals surface area contributed by atoms with E-state index >= 15 is 0 Å². The van der Waals surface area contributed by atoms with Crippen LogP contribution in [-0.4, -0.2) is 28.4 Å². The fourth-order valence-electron chi connectivity index (χ4n) is 3.36. The standard InChI is InChI=1S/C24H26O4/c1-15-7-8-17(12-21(15)25-3)18-9-10-19(23(13-18)27-5)20-11-16(2)22(26-4)14-24(20)28-6/h7-14H,1-6H3. The molecular weight excluding hydrogens is 352 g/mol. The van der Waals surface area contributed by atoms with Crippen LogP contribution in [0.2, 0.25) is 0 Å². The van der Waals surface area contributed by atoms with Crippen LogP contribution in [-0.2, 0) is 0 Å². The van der Waals surface area contributed by atoms with E-state index in [1.807, 2.05) is 32.0 Å². The van der Waals surface area contributed by atoms with Gasteiger partial charge >= 0.3 is 0 Å². The van der Waals surface area contributed by atoms with Crippen LogP contribution >= 0.6 is 0 Å². The Morgan fingerprint density at radius 3 is 1.57 bits per heavy atom. The predicted octanol–water partition coefficient (Wildman–Crippen LogP) is 5.67. The third kappa shape index (κ3) is 3.63. The Kier molecular flexibility index (Phi) is 5.78. The van der Waals surface area contributed by atoms with Gasteiger partial charge in [0.05, 0.1) is 28.4 Å². The van der Waals surface area contributed by atoms with Crippen molar-refractivity contribution in [3.05, 3.63) is 59.7 Å². The van der Waals surface area contributed by atoms with E-state index < -0.39 is 0 Å². The monoisotopic (exact) mass is 378 g/mol. The molecule has 0 unspecified atom stereocenters. The van der Waals surface area contributed by atoms with Crippen LogP contribution < -0.4 is 18.9 Å². The molecule has 0 aliphatic heterocycles. The van der Waals surface area contributed by atoms with E-state index in [2.05, 4.69) is 30.3 Å². The predicted molar refractivity (Wildman–Crippen MR) is 113 cm³/mol. The SMILES string of the molecule is COc1cc(-c2ccc(-c3cc(C)c(OC)cc3OC)c(OC)c2)ccc1C. The van der Waals surface area contributed by atoms with Crippen LogP contribution in [0.15, 0.2) is 48.5 Å². The molecule has 4 nitrogen and oxygen atoms in total. The van der Waals surface area contributed by atoms with Gasteiger partial charge < -0.3 is 18.9 Å². The zero-order chi connectivity index (χ0) is 20.3. The fraction of sp³-hybridized carbons (Fsp3) is 0.250. The molecule has 0 saturated heterocycles. The van der Waals surface area contributed by atoms with E-state index in [0.717, 1.165) is 56.4 Å². The Bertz CT molecular complexity index is 992. The van der Waals surface area contributed by atoms with Crippen molar-refractivity contribution < 1.29 is 18.9 Å². The zero-order valence-electron chi connectivity index (χ0n) is 17.3. The summed E-state index contributed by atoms with van der Waals surface area (Å²) in [5.41, 5.74) is 6.20. The van der Waals surface area contributed by atoms with E-state index in [1.54, 1.807) is 28.4 Å². The van der Waals surface area contributed by atoms with Crippen molar-refractivity contribution in [3.63, 3.8) is 0 Å². The second-order valence-corrected chi connectivity index (χ2v) is 6.62. The van der Waals surface area contributed by atoms with Gasteiger partial charge in [-0.15, -0.1) is 0 Å². The smallest absolute Gasteiger partial charge is 0.130 e. The summed E-state index contributed by atoms with van der Waals surface area (Å²) < 4.78 is 22.2. The molecule has 0 bridgehead atoms. The third-order valence-electron chi connectivity index (χ3n) is 4.95. The first-order valence-corrected chi connectivity index (χ1v) is 9.08. The summed E-state index contributed by atoms with van der Waals surface area (Å²) in [4.78, 5) is 0. The lowest BCUT2D eigenvalue weighted by Gasteiger charge is -2.16. The molecule has 0 atom stereocenters. The zero-order valence-corrected chi connectivity index (χ0v) is 17.3. The highest BCUT2D eigenvalue weighted by atomic mass is 16.5. The topological polar surface area (TPSA) is 36.9 Å². The molecule has 0 aliphatic carbocycles. The summed E-state index contributed by atoms with van der Waals surface area (Å²) in [6, 6.07) is 16.3. The quantitative estimate of drug-likeness (QED) is 0.554. The van der Waals surface area contributed by atoms with Crippen molar-refractivity contribution >= 4 is 0 Å². The molecule has 3 aromatic rings. The molecule has 3 rings (SSSR count). The molecule has 0 aliphatic rings. The van der Waals surface area contributed by atoms with Crippen LogP contribution in [0.5, 0.6) is 23.0 Å². The minimum Gasteiger partial charge on any atom is -0.496 e. The Morgan fingerprint density at radius 2 is 0.964 bits per heavy atom. The molecule has 0 N–H and O–H groups in total. The molecule has 146 valence electrons. The molecule has 4 heteroatoms. The molecule has 0 spiro atoms. The molecule has 0 heterocycles. The van der Waals surface area contributed by atoms with Crippen molar-refractivity contribution in [2.24, 2.45) is 0 Å². The number of methoxy groups -OCH3 is 4. The van der Waals surface area contributed by atoms with Crippen molar-refractivity contribution in [1.29, 1.82) is 0 Å². The van der Waals surface area contributed by atoms with Gasteiger partial charge in [-0.1, -0.05) is 18.2 Å². The van der Waals surface area contributed by atoms with Crippen molar-refractivity contribution in [2.45, 2.75) is 13.8 Å². The Balaban J connectivity index is 2.12. The second-order valence-electron chi connectivity index (χ2n) is 6.62. The number of rotatable bonds is 6.